The van der Waals surface area contributed by atoms with Crippen molar-refractivity contribution < 1.29 is 41.0 Å². The van der Waals surface area contributed by atoms with Gasteiger partial charge < -0.3 is 29.0 Å². The Kier molecular flexibility index (Phi) is 14.6. The van der Waals surface area contributed by atoms with Gasteiger partial charge in [-0.3, -0.25) is 9.59 Å². The Morgan fingerprint density at radius 1 is 0.677 bits per heavy atom. The molecular formula is C47H69N7O9S2. The standard InChI is InChI=1S/C25H38N4O4S.C22H31N3O5S/c1-17(2)26-23(30)19-8-11-28(16-19)34(31,32)20-6-7-22-21(14-20)27-24(25(3,4)5)29(22)15-18-9-12-33-13-10-18;1-22(2,3)21-23-18-12-17(31(28,29)24-9-6-16(14-24)20(26)27)4-5-19(18)25(21)13-15-7-10-30-11-8-15/h6-7,14,17-19H,8-13,15-16H2,1-5H3,(H,26,30);4-5,12,15-16H,6-11,13-14H2,1-3H3,(H,26,27). The number of hydrogen-bond donors (Lipinski definition) is 2. The predicted octanol–water partition coefficient (Wildman–Crippen LogP) is 6.15. The highest BCUT2D eigenvalue weighted by atomic mass is 32.2. The van der Waals surface area contributed by atoms with E-state index in [0.29, 0.717) is 42.3 Å². The molecule has 16 nitrogen and oxygen atoms in total. The smallest absolute Gasteiger partial charge is 0.307 e. The molecule has 0 spiro atoms. The van der Waals surface area contributed by atoms with Crippen LogP contribution in [0.2, 0.25) is 0 Å². The van der Waals surface area contributed by atoms with Crippen molar-refractivity contribution in [2.24, 2.45) is 23.7 Å². The molecule has 0 bridgehead atoms. The van der Waals surface area contributed by atoms with Gasteiger partial charge in [0, 0.05) is 82.6 Å². The number of nitrogens with one attached hydrogen (secondary N) is 1. The molecule has 358 valence electrons. The van der Waals surface area contributed by atoms with Crippen molar-refractivity contribution in [2.75, 3.05) is 52.6 Å². The van der Waals surface area contributed by atoms with Crippen LogP contribution in [0.5, 0.6) is 0 Å². The Balaban J connectivity index is 0.000000195. The minimum atomic E-state index is -3.76. The van der Waals surface area contributed by atoms with E-state index in [1.54, 1.807) is 24.3 Å². The molecular weight excluding hydrogens is 871 g/mol. The molecule has 2 atom stereocenters. The van der Waals surface area contributed by atoms with E-state index in [0.717, 1.165) is 87.9 Å². The number of carboxylic acid groups (broad SMARTS) is 1. The third kappa shape index (κ3) is 10.9. The second-order valence-corrected chi connectivity index (χ2v) is 24.6. The first-order valence-electron chi connectivity index (χ1n) is 23.2. The zero-order valence-electron chi connectivity index (χ0n) is 39.4. The number of aromatic nitrogens is 4. The van der Waals surface area contributed by atoms with Crippen molar-refractivity contribution in [2.45, 2.75) is 134 Å². The van der Waals surface area contributed by atoms with Crippen LogP contribution < -0.4 is 5.32 Å². The molecule has 6 heterocycles. The molecule has 2 N–H and O–H groups in total. The van der Waals surface area contributed by atoms with Gasteiger partial charge in [-0.1, -0.05) is 41.5 Å². The molecule has 0 radical (unpaired) electrons. The first-order valence-corrected chi connectivity index (χ1v) is 26.1. The molecule has 2 unspecified atom stereocenters. The number of benzene rings is 2. The van der Waals surface area contributed by atoms with Crippen LogP contribution in [-0.4, -0.2) is 120 Å². The quantitative estimate of drug-likeness (QED) is 0.175. The Morgan fingerprint density at radius 3 is 1.45 bits per heavy atom. The van der Waals surface area contributed by atoms with Crippen LogP contribution in [0.1, 0.15) is 106 Å². The molecule has 4 aromatic rings. The van der Waals surface area contributed by atoms with Gasteiger partial charge in [-0.15, -0.1) is 0 Å². The molecule has 4 fully saturated rings. The Labute approximate surface area is 384 Å². The number of fused-ring (bicyclic) bond motifs is 2. The second-order valence-electron chi connectivity index (χ2n) is 20.7. The lowest BCUT2D eigenvalue weighted by Gasteiger charge is -2.26. The summed E-state index contributed by atoms with van der Waals surface area (Å²) in [6, 6.07) is 10.4. The highest BCUT2D eigenvalue weighted by molar-refractivity contribution is 7.89. The zero-order chi connectivity index (χ0) is 47.1. The van der Waals surface area contributed by atoms with Gasteiger partial charge in [-0.05, 0) is 101 Å². The topological polar surface area (TPSA) is 195 Å². The molecule has 8 rings (SSSR count). The Morgan fingerprint density at radius 2 is 1.08 bits per heavy atom. The fourth-order valence-electron chi connectivity index (χ4n) is 9.44. The van der Waals surface area contributed by atoms with Gasteiger partial charge >= 0.3 is 5.97 Å². The normalized spacial score (nSPS) is 21.3. The van der Waals surface area contributed by atoms with E-state index in [4.69, 9.17) is 19.4 Å². The van der Waals surface area contributed by atoms with E-state index >= 15 is 0 Å². The number of carboxylic acids is 1. The molecule has 1 amide bonds. The van der Waals surface area contributed by atoms with E-state index in [1.807, 2.05) is 26.0 Å². The first kappa shape index (κ1) is 49.0. The van der Waals surface area contributed by atoms with Gasteiger partial charge in [0.05, 0.1) is 43.7 Å². The lowest BCUT2D eigenvalue weighted by molar-refractivity contribution is -0.141. The summed E-state index contributed by atoms with van der Waals surface area (Å²) in [5.74, 6) is 0.949. The van der Waals surface area contributed by atoms with E-state index in [1.165, 1.54) is 8.61 Å². The average molecular weight is 940 g/mol. The van der Waals surface area contributed by atoms with Crippen LogP contribution in [0.3, 0.4) is 0 Å². The van der Waals surface area contributed by atoms with Gasteiger partial charge in [-0.2, -0.15) is 8.61 Å². The van der Waals surface area contributed by atoms with Crippen LogP contribution in [0.4, 0.5) is 0 Å². The molecule has 4 aliphatic heterocycles. The van der Waals surface area contributed by atoms with Crippen LogP contribution in [-0.2, 0) is 63.0 Å². The van der Waals surface area contributed by atoms with Crippen LogP contribution >= 0.6 is 0 Å². The van der Waals surface area contributed by atoms with Gasteiger partial charge in [0.1, 0.15) is 11.6 Å². The molecule has 18 heteroatoms. The van der Waals surface area contributed by atoms with Crippen molar-refractivity contribution >= 4 is 54.0 Å². The maximum Gasteiger partial charge on any atom is 0.307 e. The number of imidazole rings is 2. The minimum absolute atomic E-state index is 0.0150. The molecule has 0 aliphatic carbocycles. The van der Waals surface area contributed by atoms with Crippen LogP contribution in [0, 0.1) is 23.7 Å². The van der Waals surface area contributed by atoms with Gasteiger partial charge in [0.25, 0.3) is 0 Å². The van der Waals surface area contributed by atoms with E-state index in [-0.39, 0.29) is 58.1 Å². The summed E-state index contributed by atoms with van der Waals surface area (Å²) in [7, 11) is -7.46. The van der Waals surface area contributed by atoms with Crippen LogP contribution in [0.15, 0.2) is 46.2 Å². The monoisotopic (exact) mass is 939 g/mol. The Hall–Kier alpha value is -3.94. The lowest BCUT2D eigenvalue weighted by Crippen LogP contribution is -2.37. The van der Waals surface area contributed by atoms with Gasteiger partial charge in [0.2, 0.25) is 26.0 Å². The van der Waals surface area contributed by atoms with Gasteiger partial charge in [-0.25, -0.2) is 26.8 Å². The summed E-state index contributed by atoms with van der Waals surface area (Å²) >= 11 is 0. The summed E-state index contributed by atoms with van der Waals surface area (Å²) in [6.45, 7) is 22.2. The summed E-state index contributed by atoms with van der Waals surface area (Å²) in [5.41, 5.74) is 2.90. The number of rotatable bonds is 11. The molecule has 2 aromatic carbocycles. The number of nitrogens with zero attached hydrogens (tertiary/aromatic N) is 6. The van der Waals surface area contributed by atoms with E-state index < -0.39 is 31.9 Å². The SMILES string of the molecule is CC(C)(C)c1nc2cc(S(=O)(=O)N3CCC(C(=O)O)C3)ccc2n1CC1CCOCC1.CC(C)NC(=O)C1CCN(S(=O)(=O)c2ccc3c(c2)nc(C(C)(C)C)n3CC2CCOCC2)C1. The molecule has 4 aliphatic rings. The fraction of sp³-hybridized carbons (Fsp3) is 0.660. The number of hydrogen-bond acceptors (Lipinski definition) is 10. The zero-order valence-corrected chi connectivity index (χ0v) is 41.0. The highest BCUT2D eigenvalue weighted by Crippen LogP contribution is 2.34. The number of sulfonamides is 2. The molecule has 4 saturated heterocycles. The summed E-state index contributed by atoms with van der Waals surface area (Å²) in [4.78, 5) is 33.8. The van der Waals surface area contributed by atoms with Crippen molar-refractivity contribution in [1.29, 1.82) is 0 Å². The Bertz CT molecular complexity index is 2580. The van der Waals surface area contributed by atoms with Crippen molar-refractivity contribution in [3.05, 3.63) is 48.0 Å². The largest absolute Gasteiger partial charge is 0.481 e. The summed E-state index contributed by atoms with van der Waals surface area (Å²) in [5, 5.41) is 12.1. The lowest BCUT2D eigenvalue weighted by atomic mass is 9.94. The van der Waals surface area contributed by atoms with Crippen molar-refractivity contribution in [3.8, 4) is 0 Å². The highest BCUT2D eigenvalue weighted by Gasteiger charge is 2.38. The fourth-order valence-corrected chi connectivity index (χ4v) is 12.5. The third-order valence-corrected chi connectivity index (χ3v) is 16.8. The number of carbonyl (C=O) groups is 2. The number of ether oxygens (including phenoxy) is 2. The van der Waals surface area contributed by atoms with Crippen molar-refractivity contribution in [1.82, 2.24) is 33.0 Å². The van der Waals surface area contributed by atoms with Crippen molar-refractivity contribution in [3.63, 3.8) is 0 Å². The van der Waals surface area contributed by atoms with E-state index in [9.17, 15) is 31.5 Å². The number of amides is 1. The summed E-state index contributed by atoms with van der Waals surface area (Å²) in [6.07, 6.45) is 4.94. The predicted molar refractivity (Wildman–Crippen MR) is 249 cm³/mol. The average Bonchev–Trinajstić information content (AvgIpc) is 4.07. The second kappa shape index (κ2) is 19.3. The van der Waals surface area contributed by atoms with E-state index in [2.05, 4.69) is 56.0 Å². The maximum atomic E-state index is 13.4. The number of carbonyl (C=O) groups excluding carboxylic acids is 1. The number of aliphatic carboxylic acids is 1. The third-order valence-electron chi connectivity index (χ3n) is 13.1. The molecule has 0 saturated carbocycles. The van der Waals surface area contributed by atoms with Gasteiger partial charge in [0.15, 0.2) is 0 Å². The maximum absolute atomic E-state index is 13.4. The minimum Gasteiger partial charge on any atom is -0.481 e. The van der Waals surface area contributed by atoms with Crippen LogP contribution in [0.25, 0.3) is 22.1 Å². The first-order chi connectivity index (χ1) is 30.5. The summed E-state index contributed by atoms with van der Waals surface area (Å²) < 4.78 is 71.3. The molecule has 65 heavy (non-hydrogen) atoms. The molecule has 2 aromatic heterocycles.